The molecular formula is H3MgO3Si+3. The summed E-state index contributed by atoms with van der Waals surface area (Å²) in [5.41, 5.74) is 0. The summed E-state index contributed by atoms with van der Waals surface area (Å²) in [6, 6.07) is 0. The van der Waals surface area contributed by atoms with Gasteiger partial charge in [0.05, 0.1) is 0 Å². The van der Waals surface area contributed by atoms with Gasteiger partial charge >= 0.3 is 33.6 Å². The molecule has 0 rings (SSSR count). The van der Waals surface area contributed by atoms with Crippen molar-refractivity contribution in [1.82, 2.24) is 0 Å². The first-order chi connectivity index (χ1) is 1.73. The van der Waals surface area contributed by atoms with Crippen LogP contribution in [0.25, 0.3) is 0 Å². The van der Waals surface area contributed by atoms with Crippen LogP contribution < -0.4 is 0 Å². The van der Waals surface area contributed by atoms with E-state index in [1.807, 2.05) is 0 Å². The summed E-state index contributed by atoms with van der Waals surface area (Å²) in [5, 5.41) is 0. The van der Waals surface area contributed by atoms with Crippen molar-refractivity contribution in [1.29, 1.82) is 0 Å². The normalized spacial score (nSPS) is 4.80. The van der Waals surface area contributed by atoms with E-state index in [0.29, 0.717) is 0 Å². The minimum Gasteiger partial charge on any atom is -0.511 e. The Morgan fingerprint density at radius 1 is 1.60 bits per heavy atom. The Bertz CT molecular complexity index is 33.8. The molecule has 0 radical (unpaired) electrons. The van der Waals surface area contributed by atoms with Crippen LogP contribution in [0.1, 0.15) is 1.43 Å². The van der Waals surface area contributed by atoms with Crippen molar-refractivity contribution < 1.29 is 15.5 Å². The van der Waals surface area contributed by atoms with E-state index in [1.54, 1.807) is 0 Å². The molecule has 0 aliphatic heterocycles. The molecule has 0 saturated heterocycles. The molecule has 0 aliphatic rings. The Morgan fingerprint density at radius 2 is 1.60 bits per heavy atom. The molecule has 0 atom stereocenters. The third-order valence-electron chi connectivity index (χ3n) is 0. The van der Waals surface area contributed by atoms with Crippen LogP contribution in [0.15, 0.2) is 0 Å². The molecule has 0 aromatic carbocycles. The van der Waals surface area contributed by atoms with Crippen molar-refractivity contribution in [2.45, 2.75) is 0 Å². The van der Waals surface area contributed by atoms with Gasteiger partial charge in [0.1, 0.15) is 0 Å². The van der Waals surface area contributed by atoms with Crippen molar-refractivity contribution in [2.24, 2.45) is 0 Å². The predicted molar refractivity (Wildman–Crippen MR) is 17.7 cm³/mol. The monoisotopic (exact) mass is 103 g/mol. The Kier molecular flexibility index (Phi) is 7.92. The van der Waals surface area contributed by atoms with E-state index in [2.05, 4.69) is 0 Å². The van der Waals surface area contributed by atoms with Crippen LogP contribution in [0, 0.1) is 0 Å². The van der Waals surface area contributed by atoms with Gasteiger partial charge < -0.3 is 9.59 Å². The van der Waals surface area contributed by atoms with Gasteiger partial charge in [0.15, 0.2) is 0 Å². The molecule has 0 aliphatic carbocycles. The second-order valence-electron chi connectivity index (χ2n) is 0.283. The fourth-order valence-electron chi connectivity index (χ4n) is 0. The summed E-state index contributed by atoms with van der Waals surface area (Å²) in [6.45, 7) is 0. The fraction of sp³-hybridized carbons (Fsp3) is 0. The molecule has 5 heteroatoms. The first kappa shape index (κ1) is 9.04. The molecule has 2 N–H and O–H groups in total. The molecule has 0 fully saturated rings. The molecule has 0 heterocycles. The van der Waals surface area contributed by atoms with Crippen molar-refractivity contribution in [3.8, 4) is 0 Å². The van der Waals surface area contributed by atoms with E-state index < -0.39 is 9.17 Å². The van der Waals surface area contributed by atoms with E-state index >= 15 is 0 Å². The zero-order valence-corrected chi connectivity index (χ0v) is 4.92. The minimum atomic E-state index is -3.13. The average Bonchev–Trinajstić information content (AvgIpc) is 0.811. The van der Waals surface area contributed by atoms with Crippen molar-refractivity contribution in [2.75, 3.05) is 0 Å². The molecule has 0 bridgehead atoms. The first-order valence-corrected chi connectivity index (χ1v) is 1.95. The quantitative estimate of drug-likeness (QED) is 0.353. The zero-order chi connectivity index (χ0) is 3.58. The van der Waals surface area contributed by atoms with Crippen molar-refractivity contribution >= 4 is 32.2 Å². The van der Waals surface area contributed by atoms with Crippen molar-refractivity contribution in [3.05, 3.63) is 0 Å². The van der Waals surface area contributed by atoms with Gasteiger partial charge in [-0.25, -0.2) is 0 Å². The smallest absolute Gasteiger partial charge is 0.511 e. The Labute approximate surface area is 48.2 Å². The molecule has 0 amide bonds. The third kappa shape index (κ3) is 170. The SMILES string of the molecule is O=[Si](O)O.[H+].[Mg+2]. The van der Waals surface area contributed by atoms with Crippen LogP contribution in [0.3, 0.4) is 0 Å². The maximum Gasteiger partial charge on any atom is 2.00 e. The van der Waals surface area contributed by atoms with Gasteiger partial charge in [-0.15, -0.1) is 0 Å². The molecule has 5 heavy (non-hydrogen) atoms. The predicted octanol–water partition coefficient (Wildman–Crippen LogP) is -1.88. The summed E-state index contributed by atoms with van der Waals surface area (Å²) < 4.78 is 8.74. The molecule has 0 aromatic rings. The molecule has 24 valence electrons. The zero-order valence-electron chi connectivity index (χ0n) is 3.51. The Morgan fingerprint density at radius 3 is 1.60 bits per heavy atom. The Balaban J connectivity index is -0.0000000450. The maximum absolute atomic E-state index is 8.74. The van der Waals surface area contributed by atoms with Gasteiger partial charge in [-0.1, -0.05) is 0 Å². The standard InChI is InChI=1S/Mg.H2O3Si/c;1-4(2)3/h;1-2H/q+2;/p+1. The topological polar surface area (TPSA) is 57.5 Å². The van der Waals surface area contributed by atoms with Crippen LogP contribution in [-0.2, 0) is 4.46 Å². The van der Waals surface area contributed by atoms with Crippen LogP contribution in [0.4, 0.5) is 0 Å². The van der Waals surface area contributed by atoms with E-state index in [0.717, 1.165) is 0 Å². The summed E-state index contributed by atoms with van der Waals surface area (Å²) in [4.78, 5) is 14.3. The third-order valence-corrected chi connectivity index (χ3v) is 0. The molecular weight excluding hydrogens is 100 g/mol. The van der Waals surface area contributed by atoms with E-state index in [-0.39, 0.29) is 24.5 Å². The second kappa shape index (κ2) is 4.38. The van der Waals surface area contributed by atoms with Crippen LogP contribution in [0.2, 0.25) is 0 Å². The number of rotatable bonds is 0. The molecule has 3 nitrogen and oxygen atoms in total. The fourth-order valence-corrected chi connectivity index (χ4v) is 0. The summed E-state index contributed by atoms with van der Waals surface area (Å²) >= 11 is 0. The molecule has 0 saturated carbocycles. The molecule has 0 spiro atoms. The largest absolute Gasteiger partial charge is 2.00 e. The second-order valence-corrected chi connectivity index (χ2v) is 0.848. The van der Waals surface area contributed by atoms with E-state index in [9.17, 15) is 0 Å². The number of hydrogen-bond donors (Lipinski definition) is 2. The maximum atomic E-state index is 8.74. The van der Waals surface area contributed by atoms with Crippen LogP contribution in [0.5, 0.6) is 0 Å². The van der Waals surface area contributed by atoms with Crippen LogP contribution >= 0.6 is 0 Å². The first-order valence-electron chi connectivity index (χ1n) is 0.651. The van der Waals surface area contributed by atoms with E-state index in [4.69, 9.17) is 14.1 Å². The van der Waals surface area contributed by atoms with Gasteiger partial charge in [0.2, 0.25) is 0 Å². The van der Waals surface area contributed by atoms with Gasteiger partial charge in [0, 0.05) is 0 Å². The summed E-state index contributed by atoms with van der Waals surface area (Å²) in [5.74, 6) is 0. The van der Waals surface area contributed by atoms with Gasteiger partial charge in [-0.2, -0.15) is 0 Å². The minimum absolute atomic E-state index is 0. The Hall–Kier alpha value is 0.383. The summed E-state index contributed by atoms with van der Waals surface area (Å²) in [7, 11) is -3.13. The summed E-state index contributed by atoms with van der Waals surface area (Å²) in [6.07, 6.45) is 0. The van der Waals surface area contributed by atoms with Crippen molar-refractivity contribution in [3.63, 3.8) is 0 Å². The van der Waals surface area contributed by atoms with Crippen LogP contribution in [-0.4, -0.2) is 41.8 Å². The molecule has 0 aromatic heterocycles. The average molecular weight is 103 g/mol. The van der Waals surface area contributed by atoms with Gasteiger partial charge in [-0.3, -0.25) is 4.46 Å². The molecule has 0 unspecified atom stereocenters. The van der Waals surface area contributed by atoms with Gasteiger partial charge in [0.25, 0.3) is 0 Å². The number of hydrogen-bond acceptors (Lipinski definition) is 1. The van der Waals surface area contributed by atoms with E-state index in [1.165, 1.54) is 0 Å². The van der Waals surface area contributed by atoms with Gasteiger partial charge in [-0.05, 0) is 0 Å².